The highest BCUT2D eigenvalue weighted by molar-refractivity contribution is 5.82. The second kappa shape index (κ2) is 9.57. The van der Waals surface area contributed by atoms with Gasteiger partial charge in [-0.3, -0.25) is 14.9 Å². The van der Waals surface area contributed by atoms with Crippen LogP contribution in [0.25, 0.3) is 11.3 Å². The van der Waals surface area contributed by atoms with Crippen molar-refractivity contribution in [1.82, 2.24) is 5.43 Å². The van der Waals surface area contributed by atoms with E-state index in [1.165, 1.54) is 25.5 Å². The molecular weight excluding hydrogens is 402 g/mol. The molecule has 0 fully saturated rings. The first-order chi connectivity index (χ1) is 14.9. The highest BCUT2D eigenvalue weighted by Gasteiger charge is 2.12. The number of non-ortho nitro benzene ring substituents is 1. The maximum Gasteiger partial charge on any atom is 0.269 e. The lowest BCUT2D eigenvalue weighted by Gasteiger charge is -2.09. The number of nitro benzene ring substituents is 1. The predicted molar refractivity (Wildman–Crippen MR) is 115 cm³/mol. The lowest BCUT2D eigenvalue weighted by atomic mass is 10.1. The Kier molecular flexibility index (Phi) is 6.66. The minimum absolute atomic E-state index is 0.0202. The molecule has 1 amide bonds. The average molecular weight is 423 g/mol. The number of hydrogen-bond donors (Lipinski definition) is 1. The molecule has 1 heterocycles. The molecule has 0 saturated carbocycles. The molecule has 9 nitrogen and oxygen atoms in total. The molecule has 0 unspecified atom stereocenters. The number of aryl methyl sites for hydroxylation is 1. The fourth-order valence-electron chi connectivity index (χ4n) is 2.99. The second-order valence-corrected chi connectivity index (χ2v) is 6.62. The minimum atomic E-state index is -0.443. The van der Waals surface area contributed by atoms with Crippen LogP contribution in [0.5, 0.6) is 11.5 Å². The number of nitrogens with one attached hydrogen (secondary N) is 1. The second-order valence-electron chi connectivity index (χ2n) is 6.62. The molecule has 9 heteroatoms. The molecule has 2 aromatic carbocycles. The number of carbonyl (C=O) groups excluding carboxylic acids is 1. The molecule has 0 radical (unpaired) electrons. The van der Waals surface area contributed by atoms with Gasteiger partial charge in [0.15, 0.2) is 11.5 Å². The Morgan fingerprint density at radius 1 is 1.13 bits per heavy atom. The van der Waals surface area contributed by atoms with Crippen molar-refractivity contribution in [2.45, 2.75) is 13.3 Å². The number of nitro groups is 1. The Bertz CT molecular complexity index is 1140. The van der Waals surface area contributed by atoms with Crippen molar-refractivity contribution < 1.29 is 23.6 Å². The predicted octanol–water partition coefficient (Wildman–Crippen LogP) is 3.87. The molecule has 31 heavy (non-hydrogen) atoms. The van der Waals surface area contributed by atoms with Gasteiger partial charge in [-0.2, -0.15) is 5.10 Å². The molecule has 3 rings (SSSR count). The van der Waals surface area contributed by atoms with Gasteiger partial charge in [-0.25, -0.2) is 5.43 Å². The van der Waals surface area contributed by atoms with Gasteiger partial charge >= 0.3 is 0 Å². The van der Waals surface area contributed by atoms with Gasteiger partial charge in [-0.15, -0.1) is 0 Å². The van der Waals surface area contributed by atoms with Gasteiger partial charge in [0.05, 0.1) is 31.8 Å². The van der Waals surface area contributed by atoms with Gasteiger partial charge in [-0.1, -0.05) is 6.07 Å². The molecule has 0 saturated heterocycles. The molecule has 3 aromatic rings. The van der Waals surface area contributed by atoms with Crippen molar-refractivity contribution >= 4 is 17.8 Å². The third-order valence-electron chi connectivity index (χ3n) is 4.51. The van der Waals surface area contributed by atoms with E-state index in [2.05, 4.69) is 10.5 Å². The van der Waals surface area contributed by atoms with Crippen molar-refractivity contribution in [2.75, 3.05) is 14.2 Å². The summed E-state index contributed by atoms with van der Waals surface area (Å²) in [6.07, 6.45) is 1.50. The first-order valence-corrected chi connectivity index (χ1v) is 9.29. The van der Waals surface area contributed by atoms with Crippen LogP contribution in [-0.2, 0) is 11.2 Å². The van der Waals surface area contributed by atoms with E-state index in [-0.39, 0.29) is 18.0 Å². The van der Waals surface area contributed by atoms with Crippen molar-refractivity contribution in [1.29, 1.82) is 0 Å². The smallest absolute Gasteiger partial charge is 0.269 e. The van der Waals surface area contributed by atoms with Crippen molar-refractivity contribution in [2.24, 2.45) is 5.10 Å². The first-order valence-electron chi connectivity index (χ1n) is 9.29. The van der Waals surface area contributed by atoms with Crippen molar-refractivity contribution in [3.63, 3.8) is 0 Å². The topological polar surface area (TPSA) is 116 Å². The molecule has 160 valence electrons. The number of carbonyl (C=O) groups is 1. The average Bonchev–Trinajstić information content (AvgIpc) is 3.22. The summed E-state index contributed by atoms with van der Waals surface area (Å²) in [5.41, 5.74) is 4.68. The van der Waals surface area contributed by atoms with Crippen LogP contribution in [0.3, 0.4) is 0 Å². The number of nitrogens with zero attached hydrogens (tertiary/aromatic N) is 2. The van der Waals surface area contributed by atoms with Crippen molar-refractivity contribution in [3.05, 3.63) is 75.5 Å². The summed E-state index contributed by atoms with van der Waals surface area (Å²) in [6, 6.07) is 13.2. The van der Waals surface area contributed by atoms with Crippen LogP contribution in [0.2, 0.25) is 0 Å². The lowest BCUT2D eigenvalue weighted by Crippen LogP contribution is -2.19. The first kappa shape index (κ1) is 21.6. The zero-order valence-electron chi connectivity index (χ0n) is 17.2. The zero-order chi connectivity index (χ0) is 22.4. The van der Waals surface area contributed by atoms with Crippen molar-refractivity contribution in [3.8, 4) is 22.8 Å². The van der Waals surface area contributed by atoms with E-state index < -0.39 is 4.92 Å². The minimum Gasteiger partial charge on any atom is -0.493 e. The molecule has 0 bridgehead atoms. The van der Waals surface area contributed by atoms with Gasteiger partial charge in [0.1, 0.15) is 11.5 Å². The maximum absolute atomic E-state index is 12.1. The normalized spacial score (nSPS) is 10.8. The van der Waals surface area contributed by atoms with Crippen LogP contribution in [0.1, 0.15) is 16.9 Å². The monoisotopic (exact) mass is 423 g/mol. The van der Waals surface area contributed by atoms with Crippen LogP contribution in [0.15, 0.2) is 58.0 Å². The quantitative estimate of drug-likeness (QED) is 0.334. The summed E-state index contributed by atoms with van der Waals surface area (Å²) in [5.74, 6) is 1.80. The molecule has 0 aliphatic carbocycles. The number of ether oxygens (including phenoxy) is 2. The largest absolute Gasteiger partial charge is 0.493 e. The Morgan fingerprint density at radius 3 is 2.58 bits per heavy atom. The Hall–Kier alpha value is -4.14. The van der Waals surface area contributed by atoms with Crippen LogP contribution in [0.4, 0.5) is 5.69 Å². The van der Waals surface area contributed by atoms with Crippen LogP contribution >= 0.6 is 0 Å². The summed E-state index contributed by atoms with van der Waals surface area (Å²) in [7, 11) is 3.07. The summed E-state index contributed by atoms with van der Waals surface area (Å²) >= 11 is 0. The summed E-state index contributed by atoms with van der Waals surface area (Å²) in [5, 5.41) is 14.8. The molecule has 0 aliphatic heterocycles. The molecular formula is C22H21N3O6. The van der Waals surface area contributed by atoms with Gasteiger partial charge in [-0.05, 0) is 48.4 Å². The molecule has 0 atom stereocenters. The van der Waals surface area contributed by atoms with E-state index >= 15 is 0 Å². The van der Waals surface area contributed by atoms with E-state index in [0.717, 1.165) is 16.7 Å². The molecule has 0 spiro atoms. The van der Waals surface area contributed by atoms with E-state index in [1.54, 1.807) is 50.4 Å². The Balaban J connectivity index is 1.61. The Morgan fingerprint density at radius 2 is 1.90 bits per heavy atom. The summed E-state index contributed by atoms with van der Waals surface area (Å²) in [6.45, 7) is 1.77. The standard InChI is InChI=1S/C22H21N3O6/c1-14-10-16(25(27)28)5-7-18(14)19-9-6-17(31-19)13-23-24-22(26)12-15-4-8-20(29-2)21(11-15)30-3/h4-11,13H,12H2,1-3H3,(H,24,26)/b23-13-. The number of rotatable bonds is 8. The summed E-state index contributed by atoms with van der Waals surface area (Å²) < 4.78 is 16.1. The molecule has 0 aliphatic rings. The zero-order valence-corrected chi connectivity index (χ0v) is 17.2. The lowest BCUT2D eigenvalue weighted by molar-refractivity contribution is -0.384. The fraction of sp³-hybridized carbons (Fsp3) is 0.182. The number of amides is 1. The summed E-state index contributed by atoms with van der Waals surface area (Å²) in [4.78, 5) is 22.6. The highest BCUT2D eigenvalue weighted by atomic mass is 16.6. The Labute approximate surface area is 178 Å². The SMILES string of the molecule is COc1ccc(CC(=O)N/N=C\c2ccc(-c3ccc([N+](=O)[O-])cc3C)o2)cc1OC. The third kappa shape index (κ3) is 5.27. The third-order valence-corrected chi connectivity index (χ3v) is 4.51. The van der Waals surface area contributed by atoms with Gasteiger partial charge in [0.2, 0.25) is 5.91 Å². The van der Waals surface area contributed by atoms with Crippen LogP contribution in [-0.4, -0.2) is 31.3 Å². The number of benzene rings is 2. The number of hydrogen-bond acceptors (Lipinski definition) is 7. The number of furan rings is 1. The van der Waals surface area contributed by atoms with E-state index in [9.17, 15) is 14.9 Å². The van der Waals surface area contributed by atoms with Crippen LogP contribution < -0.4 is 14.9 Å². The van der Waals surface area contributed by atoms with Gasteiger partial charge in [0.25, 0.3) is 5.69 Å². The highest BCUT2D eigenvalue weighted by Crippen LogP contribution is 2.29. The van der Waals surface area contributed by atoms with E-state index in [0.29, 0.717) is 23.0 Å². The van der Waals surface area contributed by atoms with Crippen LogP contribution in [0, 0.1) is 17.0 Å². The molecule has 1 N–H and O–H groups in total. The maximum atomic E-state index is 12.1. The van der Waals surface area contributed by atoms with Gasteiger partial charge < -0.3 is 13.9 Å². The number of methoxy groups -OCH3 is 2. The molecule has 1 aromatic heterocycles. The number of hydrazone groups is 1. The fourth-order valence-corrected chi connectivity index (χ4v) is 2.99. The van der Waals surface area contributed by atoms with E-state index in [4.69, 9.17) is 13.9 Å². The van der Waals surface area contributed by atoms with E-state index in [1.807, 2.05) is 0 Å². The van der Waals surface area contributed by atoms with Gasteiger partial charge in [0, 0.05) is 17.7 Å².